The second kappa shape index (κ2) is 6.47. The number of nitrogen functional groups attached to an aromatic ring is 1. The quantitative estimate of drug-likeness (QED) is 0.803. The first-order chi connectivity index (χ1) is 8.88. The van der Waals surface area contributed by atoms with Gasteiger partial charge in [0.05, 0.1) is 11.3 Å². The van der Waals surface area contributed by atoms with Gasteiger partial charge in [0, 0.05) is 19.2 Å². The van der Waals surface area contributed by atoms with E-state index >= 15 is 0 Å². The fourth-order valence-electron chi connectivity index (χ4n) is 1.76. The van der Waals surface area contributed by atoms with Gasteiger partial charge in [-0.1, -0.05) is 0 Å². The van der Waals surface area contributed by atoms with Crippen LogP contribution in [0, 0.1) is 11.6 Å². The number of halogens is 2. The zero-order chi connectivity index (χ0) is 14.6. The molecule has 0 aliphatic heterocycles. The van der Waals surface area contributed by atoms with Gasteiger partial charge in [-0.05, 0) is 32.4 Å². The predicted molar refractivity (Wildman–Crippen MR) is 68.6 cm³/mol. The molecule has 0 aliphatic carbocycles. The highest BCUT2D eigenvalue weighted by atomic mass is 19.1. The molecule has 4 nitrogen and oxygen atoms in total. The van der Waals surface area contributed by atoms with Crippen molar-refractivity contribution in [3.8, 4) is 0 Å². The number of aliphatic hydroxyl groups excluding tert-OH is 1. The minimum Gasteiger partial charge on any atom is -0.396 e. The van der Waals surface area contributed by atoms with Gasteiger partial charge >= 0.3 is 0 Å². The van der Waals surface area contributed by atoms with Gasteiger partial charge in [-0.15, -0.1) is 0 Å². The molecule has 0 aromatic heterocycles. The summed E-state index contributed by atoms with van der Waals surface area (Å²) in [7, 11) is 0. The Morgan fingerprint density at radius 1 is 1.42 bits per heavy atom. The van der Waals surface area contributed by atoms with Crippen LogP contribution in [0.15, 0.2) is 12.1 Å². The third kappa shape index (κ3) is 3.64. The Morgan fingerprint density at radius 2 is 2.05 bits per heavy atom. The summed E-state index contributed by atoms with van der Waals surface area (Å²) >= 11 is 0. The summed E-state index contributed by atoms with van der Waals surface area (Å²) in [6, 6.07) is 1.48. The van der Waals surface area contributed by atoms with Crippen molar-refractivity contribution >= 4 is 11.6 Å². The Hall–Kier alpha value is -1.69. The number of amides is 1. The van der Waals surface area contributed by atoms with Crippen LogP contribution in [0.4, 0.5) is 14.5 Å². The summed E-state index contributed by atoms with van der Waals surface area (Å²) in [6.45, 7) is 3.71. The molecule has 0 heterocycles. The molecule has 1 rings (SSSR count). The molecule has 0 aliphatic rings. The fraction of sp³-hybridized carbons (Fsp3) is 0.462. The summed E-state index contributed by atoms with van der Waals surface area (Å²) in [5, 5.41) is 8.80. The molecule has 19 heavy (non-hydrogen) atoms. The third-order valence-corrected chi connectivity index (χ3v) is 2.74. The number of anilines is 1. The molecule has 1 aromatic carbocycles. The van der Waals surface area contributed by atoms with Crippen molar-refractivity contribution in [1.29, 1.82) is 0 Å². The van der Waals surface area contributed by atoms with Crippen LogP contribution in [-0.2, 0) is 0 Å². The molecule has 3 N–H and O–H groups in total. The lowest BCUT2D eigenvalue weighted by atomic mass is 10.1. The van der Waals surface area contributed by atoms with Crippen molar-refractivity contribution in [3.05, 3.63) is 29.3 Å². The van der Waals surface area contributed by atoms with Crippen LogP contribution in [0.1, 0.15) is 30.6 Å². The number of benzene rings is 1. The average molecular weight is 272 g/mol. The average Bonchev–Trinajstić information content (AvgIpc) is 2.33. The molecular weight excluding hydrogens is 254 g/mol. The molecule has 0 bridgehead atoms. The van der Waals surface area contributed by atoms with Gasteiger partial charge in [-0.2, -0.15) is 0 Å². The van der Waals surface area contributed by atoms with Crippen LogP contribution in [0.25, 0.3) is 0 Å². The van der Waals surface area contributed by atoms with Crippen molar-refractivity contribution in [2.24, 2.45) is 0 Å². The first kappa shape index (κ1) is 15.4. The molecule has 106 valence electrons. The molecule has 0 atom stereocenters. The van der Waals surface area contributed by atoms with E-state index < -0.39 is 23.2 Å². The highest BCUT2D eigenvalue weighted by molar-refractivity contribution is 5.95. The number of hydrogen-bond donors (Lipinski definition) is 2. The normalized spacial score (nSPS) is 10.8. The Labute approximate surface area is 110 Å². The number of carbonyl (C=O) groups excluding carboxylic acids is 1. The van der Waals surface area contributed by atoms with Gasteiger partial charge in [-0.3, -0.25) is 4.79 Å². The molecule has 0 saturated heterocycles. The molecule has 0 unspecified atom stereocenters. The Kier molecular flexibility index (Phi) is 5.23. The topological polar surface area (TPSA) is 66.6 Å². The molecule has 6 heteroatoms. The van der Waals surface area contributed by atoms with Crippen molar-refractivity contribution in [3.63, 3.8) is 0 Å². The SMILES string of the molecule is CC(C)N(CCCO)C(=O)c1cc(F)cc(N)c1F. The minimum absolute atomic E-state index is 0.0791. The summed E-state index contributed by atoms with van der Waals surface area (Å²) in [5.74, 6) is -2.30. The summed E-state index contributed by atoms with van der Waals surface area (Å²) < 4.78 is 27.0. The van der Waals surface area contributed by atoms with Gasteiger partial charge in [-0.25, -0.2) is 8.78 Å². The minimum atomic E-state index is -0.916. The molecule has 0 spiro atoms. The van der Waals surface area contributed by atoms with E-state index in [1.54, 1.807) is 13.8 Å². The Bertz CT molecular complexity index is 464. The summed E-state index contributed by atoms with van der Waals surface area (Å²) in [6.07, 6.45) is 0.371. The molecular formula is C13H18F2N2O2. The van der Waals surface area contributed by atoms with Crippen molar-refractivity contribution in [1.82, 2.24) is 4.90 Å². The smallest absolute Gasteiger partial charge is 0.257 e. The van der Waals surface area contributed by atoms with Crippen molar-refractivity contribution in [2.75, 3.05) is 18.9 Å². The lowest BCUT2D eigenvalue weighted by Gasteiger charge is -2.27. The molecule has 0 fully saturated rings. The second-order valence-electron chi connectivity index (χ2n) is 4.53. The van der Waals surface area contributed by atoms with Gasteiger partial charge in [0.15, 0.2) is 5.82 Å². The highest BCUT2D eigenvalue weighted by Crippen LogP contribution is 2.20. The molecule has 0 radical (unpaired) electrons. The number of nitrogens with two attached hydrogens (primary N) is 1. The van der Waals surface area contributed by atoms with Crippen LogP contribution >= 0.6 is 0 Å². The van der Waals surface area contributed by atoms with Crippen LogP contribution in [-0.4, -0.2) is 35.1 Å². The first-order valence-corrected chi connectivity index (χ1v) is 6.04. The van der Waals surface area contributed by atoms with Gasteiger partial charge in [0.25, 0.3) is 5.91 Å². The predicted octanol–water partition coefficient (Wildman–Crippen LogP) is 1.78. The Morgan fingerprint density at radius 3 is 2.58 bits per heavy atom. The number of carbonyl (C=O) groups is 1. The van der Waals surface area contributed by atoms with Crippen LogP contribution in [0.3, 0.4) is 0 Å². The van der Waals surface area contributed by atoms with E-state index in [4.69, 9.17) is 10.8 Å². The maximum Gasteiger partial charge on any atom is 0.257 e. The van der Waals surface area contributed by atoms with E-state index in [-0.39, 0.29) is 24.8 Å². The van der Waals surface area contributed by atoms with E-state index in [1.807, 2.05) is 0 Å². The molecule has 1 amide bonds. The van der Waals surface area contributed by atoms with Crippen LogP contribution in [0.2, 0.25) is 0 Å². The second-order valence-corrected chi connectivity index (χ2v) is 4.53. The monoisotopic (exact) mass is 272 g/mol. The number of rotatable bonds is 5. The third-order valence-electron chi connectivity index (χ3n) is 2.74. The maximum atomic E-state index is 13.8. The molecule has 1 aromatic rings. The van der Waals surface area contributed by atoms with E-state index in [2.05, 4.69) is 0 Å². The van der Waals surface area contributed by atoms with Crippen molar-refractivity contribution in [2.45, 2.75) is 26.3 Å². The number of nitrogens with zero attached hydrogens (tertiary/aromatic N) is 1. The van der Waals surface area contributed by atoms with Crippen LogP contribution in [0.5, 0.6) is 0 Å². The van der Waals surface area contributed by atoms with Gasteiger partial charge in [0.1, 0.15) is 5.82 Å². The zero-order valence-electron chi connectivity index (χ0n) is 11.0. The lowest BCUT2D eigenvalue weighted by molar-refractivity contribution is 0.0688. The zero-order valence-corrected chi connectivity index (χ0v) is 11.0. The number of hydrogen-bond acceptors (Lipinski definition) is 3. The lowest BCUT2D eigenvalue weighted by Crippen LogP contribution is -2.38. The van der Waals surface area contributed by atoms with Crippen LogP contribution < -0.4 is 5.73 Å². The highest BCUT2D eigenvalue weighted by Gasteiger charge is 2.23. The summed E-state index contributed by atoms with van der Waals surface area (Å²) in [5.41, 5.74) is 4.53. The van der Waals surface area contributed by atoms with Crippen molar-refractivity contribution < 1.29 is 18.7 Å². The standard InChI is InChI=1S/C13H18F2N2O2/c1-8(2)17(4-3-5-18)13(19)10-6-9(14)7-11(16)12(10)15/h6-8,18H,3-5,16H2,1-2H3. The van der Waals surface area contributed by atoms with Gasteiger partial charge in [0.2, 0.25) is 0 Å². The largest absolute Gasteiger partial charge is 0.396 e. The van der Waals surface area contributed by atoms with E-state index in [1.165, 1.54) is 4.90 Å². The Balaban J connectivity index is 3.09. The maximum absolute atomic E-state index is 13.8. The van der Waals surface area contributed by atoms with Gasteiger partial charge < -0.3 is 15.7 Å². The molecule has 0 saturated carbocycles. The summed E-state index contributed by atoms with van der Waals surface area (Å²) in [4.78, 5) is 13.6. The van der Waals surface area contributed by atoms with E-state index in [9.17, 15) is 13.6 Å². The number of aliphatic hydroxyl groups is 1. The van der Waals surface area contributed by atoms with E-state index in [0.29, 0.717) is 6.42 Å². The van der Waals surface area contributed by atoms with E-state index in [0.717, 1.165) is 12.1 Å². The fourth-order valence-corrected chi connectivity index (χ4v) is 1.76. The first-order valence-electron chi connectivity index (χ1n) is 6.04.